The molecule has 5 nitrogen and oxygen atoms in total. The first-order valence-corrected chi connectivity index (χ1v) is 19.8. The van der Waals surface area contributed by atoms with Gasteiger partial charge in [0.2, 0.25) is 0 Å². The highest BCUT2D eigenvalue weighted by molar-refractivity contribution is 5.70. The van der Waals surface area contributed by atoms with Crippen LogP contribution in [0.15, 0.2) is 60.8 Å². The number of hydrogen-bond acceptors (Lipinski definition) is 5. The minimum absolute atomic E-state index is 0.0916. The molecule has 1 atom stereocenters. The molecule has 276 valence electrons. The van der Waals surface area contributed by atoms with E-state index in [0.29, 0.717) is 12.8 Å². The summed E-state index contributed by atoms with van der Waals surface area (Å²) >= 11 is 0. The number of unbranched alkanes of at least 4 members (excludes halogenated alkanes) is 17. The third-order valence-electron chi connectivity index (χ3n) is 8.28. The summed E-state index contributed by atoms with van der Waals surface area (Å²) in [6.07, 6.45) is 50.0. The highest BCUT2D eigenvalue weighted by Crippen LogP contribution is 2.12. The highest BCUT2D eigenvalue weighted by Gasteiger charge is 2.15. The number of esters is 2. The molecule has 0 unspecified atom stereocenters. The number of ether oxygens (including phenoxy) is 2. The Balaban J connectivity index is 3.67. The van der Waals surface area contributed by atoms with Crippen molar-refractivity contribution in [2.75, 3.05) is 13.2 Å². The number of carbonyl (C=O) groups excluding carboxylic acids is 2. The molecule has 0 bridgehead atoms. The van der Waals surface area contributed by atoms with E-state index in [-0.39, 0.29) is 31.6 Å². The van der Waals surface area contributed by atoms with Crippen LogP contribution in [0, 0.1) is 0 Å². The van der Waals surface area contributed by atoms with Crippen LogP contribution < -0.4 is 0 Å². The van der Waals surface area contributed by atoms with Crippen molar-refractivity contribution in [2.24, 2.45) is 0 Å². The summed E-state index contributed by atoms with van der Waals surface area (Å²) < 4.78 is 10.6. The third-order valence-corrected chi connectivity index (χ3v) is 8.28. The Kier molecular flexibility index (Phi) is 37.1. The second kappa shape index (κ2) is 39.0. The van der Waals surface area contributed by atoms with E-state index in [1.54, 1.807) is 0 Å². The second-order valence-electron chi connectivity index (χ2n) is 13.0. The van der Waals surface area contributed by atoms with E-state index in [1.165, 1.54) is 103 Å². The normalized spacial score (nSPS) is 12.8. The zero-order valence-electron chi connectivity index (χ0n) is 31.2. The van der Waals surface area contributed by atoms with Gasteiger partial charge in [-0.1, -0.05) is 152 Å². The molecule has 0 radical (unpaired) electrons. The number of rotatable bonds is 35. The lowest BCUT2D eigenvalue weighted by Crippen LogP contribution is -2.28. The average molecular weight is 671 g/mol. The van der Waals surface area contributed by atoms with Crippen molar-refractivity contribution in [3.05, 3.63) is 60.8 Å². The van der Waals surface area contributed by atoms with Gasteiger partial charge < -0.3 is 14.6 Å². The topological polar surface area (TPSA) is 72.8 Å². The molecule has 0 aliphatic carbocycles. The van der Waals surface area contributed by atoms with Gasteiger partial charge in [0, 0.05) is 12.8 Å². The van der Waals surface area contributed by atoms with Crippen molar-refractivity contribution in [3.8, 4) is 0 Å². The first-order chi connectivity index (χ1) is 23.6. The maximum atomic E-state index is 12.1. The Morgan fingerprint density at radius 3 is 1.38 bits per heavy atom. The van der Waals surface area contributed by atoms with Crippen molar-refractivity contribution in [1.82, 2.24) is 0 Å². The number of allylic oxidation sites excluding steroid dienone is 10. The zero-order chi connectivity index (χ0) is 35.0. The molecule has 0 fully saturated rings. The molecule has 48 heavy (non-hydrogen) atoms. The predicted molar refractivity (Wildman–Crippen MR) is 205 cm³/mol. The van der Waals surface area contributed by atoms with E-state index in [1.807, 2.05) is 0 Å². The maximum Gasteiger partial charge on any atom is 0.306 e. The molecule has 0 aromatic rings. The Hall–Kier alpha value is -2.40. The van der Waals surface area contributed by atoms with Crippen LogP contribution in [0.2, 0.25) is 0 Å². The van der Waals surface area contributed by atoms with Gasteiger partial charge in [-0.3, -0.25) is 9.59 Å². The fourth-order valence-electron chi connectivity index (χ4n) is 5.25. The van der Waals surface area contributed by atoms with Crippen molar-refractivity contribution in [3.63, 3.8) is 0 Å². The van der Waals surface area contributed by atoms with Gasteiger partial charge in [-0.25, -0.2) is 0 Å². The van der Waals surface area contributed by atoms with Crippen LogP contribution >= 0.6 is 0 Å². The molecule has 5 heteroatoms. The summed E-state index contributed by atoms with van der Waals surface area (Å²) in [6.45, 7) is 4.05. The van der Waals surface area contributed by atoms with Gasteiger partial charge in [-0.05, 0) is 77.0 Å². The summed E-state index contributed by atoms with van der Waals surface area (Å²) in [5.41, 5.74) is 0. The van der Waals surface area contributed by atoms with Crippen molar-refractivity contribution < 1.29 is 24.2 Å². The molecular formula is C43H74O5. The monoisotopic (exact) mass is 671 g/mol. The SMILES string of the molecule is CCCCCC=CCC=CCC=CCC=CCCCC(=O)O[C@@H](CO)COC(=O)CCCCCCCCCC=CCCCCCCCC. The van der Waals surface area contributed by atoms with Gasteiger partial charge in [-0.15, -0.1) is 0 Å². The Morgan fingerprint density at radius 1 is 0.479 bits per heavy atom. The summed E-state index contributed by atoms with van der Waals surface area (Å²) in [5, 5.41) is 9.54. The van der Waals surface area contributed by atoms with Gasteiger partial charge in [0.25, 0.3) is 0 Å². The number of aliphatic hydroxyl groups excluding tert-OH is 1. The van der Waals surface area contributed by atoms with E-state index >= 15 is 0 Å². The van der Waals surface area contributed by atoms with Crippen LogP contribution in [-0.2, 0) is 19.1 Å². The fraction of sp³-hybridized carbons (Fsp3) is 0.721. The minimum atomic E-state index is -0.802. The predicted octanol–water partition coefficient (Wildman–Crippen LogP) is 12.4. The molecule has 0 amide bonds. The summed E-state index contributed by atoms with van der Waals surface area (Å²) in [4.78, 5) is 24.2. The average Bonchev–Trinajstić information content (AvgIpc) is 3.09. The number of carbonyl (C=O) groups is 2. The third kappa shape index (κ3) is 36.4. The van der Waals surface area contributed by atoms with Crippen LogP contribution in [0.4, 0.5) is 0 Å². The van der Waals surface area contributed by atoms with E-state index < -0.39 is 6.10 Å². The molecule has 0 saturated heterocycles. The molecule has 0 aliphatic heterocycles. The summed E-state index contributed by atoms with van der Waals surface area (Å²) in [6, 6.07) is 0. The van der Waals surface area contributed by atoms with Crippen LogP contribution in [0.25, 0.3) is 0 Å². The van der Waals surface area contributed by atoms with Crippen LogP contribution in [-0.4, -0.2) is 36.4 Å². The van der Waals surface area contributed by atoms with Crippen molar-refractivity contribution in [2.45, 2.75) is 187 Å². The van der Waals surface area contributed by atoms with Gasteiger partial charge in [0.15, 0.2) is 6.10 Å². The highest BCUT2D eigenvalue weighted by atomic mass is 16.6. The molecule has 0 aromatic carbocycles. The largest absolute Gasteiger partial charge is 0.462 e. The summed E-state index contributed by atoms with van der Waals surface area (Å²) in [5.74, 6) is -0.664. The van der Waals surface area contributed by atoms with Gasteiger partial charge in [0.05, 0.1) is 6.61 Å². The van der Waals surface area contributed by atoms with E-state index in [9.17, 15) is 14.7 Å². The first kappa shape index (κ1) is 45.6. The Bertz CT molecular complexity index is 853. The lowest BCUT2D eigenvalue weighted by molar-refractivity contribution is -0.161. The lowest BCUT2D eigenvalue weighted by atomic mass is 10.1. The molecule has 0 rings (SSSR count). The molecule has 1 N–H and O–H groups in total. The maximum absolute atomic E-state index is 12.1. The smallest absolute Gasteiger partial charge is 0.306 e. The van der Waals surface area contributed by atoms with Crippen LogP contribution in [0.3, 0.4) is 0 Å². The Morgan fingerprint density at radius 2 is 0.854 bits per heavy atom. The van der Waals surface area contributed by atoms with Crippen LogP contribution in [0.5, 0.6) is 0 Å². The lowest BCUT2D eigenvalue weighted by Gasteiger charge is -2.15. The number of hydrogen-bond donors (Lipinski definition) is 1. The van der Waals surface area contributed by atoms with Gasteiger partial charge in [-0.2, -0.15) is 0 Å². The minimum Gasteiger partial charge on any atom is -0.462 e. The first-order valence-electron chi connectivity index (χ1n) is 19.8. The molecule has 0 heterocycles. The molecular weight excluding hydrogens is 596 g/mol. The Labute approximate surface area is 296 Å². The molecule has 0 aliphatic rings. The van der Waals surface area contributed by atoms with E-state index in [4.69, 9.17) is 9.47 Å². The number of aliphatic hydroxyl groups is 1. The fourth-order valence-corrected chi connectivity index (χ4v) is 5.25. The summed E-state index contributed by atoms with van der Waals surface area (Å²) in [7, 11) is 0. The standard InChI is InChI=1S/C43H74O5/c1-3-5-7-9-11-13-15-17-19-21-23-25-27-29-31-33-35-37-42(45)47-40-41(39-44)48-43(46)38-36-34-32-30-28-26-24-22-20-18-16-14-12-10-8-6-4-2/h12,14,17-20,24,26,30,32,41,44H,3-11,13,15-16,21-23,25,27-29,31,33-40H2,1-2H3/t41-/m0/s1. The van der Waals surface area contributed by atoms with Crippen molar-refractivity contribution >= 4 is 11.9 Å². The van der Waals surface area contributed by atoms with E-state index in [0.717, 1.165) is 44.9 Å². The zero-order valence-corrected chi connectivity index (χ0v) is 31.2. The quantitative estimate of drug-likeness (QED) is 0.0413. The van der Waals surface area contributed by atoms with Crippen LogP contribution in [0.1, 0.15) is 181 Å². The second-order valence-corrected chi connectivity index (χ2v) is 13.0. The molecule has 0 saturated carbocycles. The van der Waals surface area contributed by atoms with Gasteiger partial charge >= 0.3 is 11.9 Å². The van der Waals surface area contributed by atoms with Gasteiger partial charge in [0.1, 0.15) is 6.61 Å². The molecule has 0 spiro atoms. The van der Waals surface area contributed by atoms with E-state index in [2.05, 4.69) is 74.6 Å². The molecule has 0 aromatic heterocycles. The van der Waals surface area contributed by atoms with Crippen molar-refractivity contribution in [1.29, 1.82) is 0 Å².